The molecule has 0 amide bonds. The summed E-state index contributed by atoms with van der Waals surface area (Å²) in [5, 5.41) is 0.903. The Balaban J connectivity index is 1.75. The molecule has 1 atom stereocenters. The zero-order valence-electron chi connectivity index (χ0n) is 16.0. The van der Waals surface area contributed by atoms with Crippen LogP contribution in [0.2, 0.25) is 0 Å². The second kappa shape index (κ2) is 7.66. The number of sulfonamides is 1. The van der Waals surface area contributed by atoms with Crippen LogP contribution in [0, 0.1) is 20.8 Å². The fourth-order valence-corrected chi connectivity index (χ4v) is 5.04. The number of aromatic nitrogens is 1. The number of pyridine rings is 1. The van der Waals surface area contributed by atoms with Crippen molar-refractivity contribution in [2.45, 2.75) is 38.6 Å². The van der Waals surface area contributed by atoms with Gasteiger partial charge in [-0.2, -0.15) is 0 Å². The highest BCUT2D eigenvalue weighted by Crippen LogP contribution is 2.24. The summed E-state index contributed by atoms with van der Waals surface area (Å²) in [6.45, 7) is 7.61. The number of rotatable bonds is 6. The van der Waals surface area contributed by atoms with Crippen LogP contribution in [0.25, 0.3) is 10.9 Å². The molecule has 6 heteroatoms. The first-order chi connectivity index (χ1) is 12.8. The average Bonchev–Trinajstić information content (AvgIpc) is 2.58. The lowest BCUT2D eigenvalue weighted by atomic mass is 10.1. The molecule has 0 aliphatic carbocycles. The third-order valence-corrected chi connectivity index (χ3v) is 6.22. The maximum absolute atomic E-state index is 12.8. The van der Waals surface area contributed by atoms with Crippen molar-refractivity contribution in [1.29, 1.82) is 0 Å². The Morgan fingerprint density at radius 2 is 1.74 bits per heavy atom. The minimum absolute atomic E-state index is 0.219. The molecule has 0 saturated heterocycles. The first-order valence-corrected chi connectivity index (χ1v) is 10.3. The van der Waals surface area contributed by atoms with Crippen molar-refractivity contribution in [2.75, 3.05) is 6.61 Å². The Morgan fingerprint density at radius 1 is 1.07 bits per heavy atom. The summed E-state index contributed by atoms with van der Waals surface area (Å²) in [6.07, 6.45) is 1.69. The molecule has 0 fully saturated rings. The summed E-state index contributed by atoms with van der Waals surface area (Å²) in [4.78, 5) is 4.64. The van der Waals surface area contributed by atoms with Crippen LogP contribution < -0.4 is 9.46 Å². The Labute approximate surface area is 160 Å². The molecule has 2 aromatic carbocycles. The molecule has 142 valence electrons. The second-order valence-electron chi connectivity index (χ2n) is 6.89. The van der Waals surface area contributed by atoms with Gasteiger partial charge in [0.05, 0.1) is 16.5 Å². The summed E-state index contributed by atoms with van der Waals surface area (Å²) in [6, 6.07) is 12.9. The van der Waals surface area contributed by atoms with Gasteiger partial charge in [0.1, 0.15) is 12.4 Å². The van der Waals surface area contributed by atoms with Gasteiger partial charge >= 0.3 is 0 Å². The third-order valence-electron chi connectivity index (χ3n) is 4.33. The van der Waals surface area contributed by atoms with Gasteiger partial charge in [0.25, 0.3) is 0 Å². The van der Waals surface area contributed by atoms with Crippen molar-refractivity contribution in [1.82, 2.24) is 9.71 Å². The number of ether oxygens (including phenoxy) is 1. The van der Waals surface area contributed by atoms with Crippen LogP contribution in [0.4, 0.5) is 0 Å². The predicted octanol–water partition coefficient (Wildman–Crippen LogP) is 3.91. The summed E-state index contributed by atoms with van der Waals surface area (Å²) in [7, 11) is -3.63. The van der Waals surface area contributed by atoms with Gasteiger partial charge in [-0.1, -0.05) is 29.8 Å². The van der Waals surface area contributed by atoms with E-state index in [-0.39, 0.29) is 12.6 Å². The topological polar surface area (TPSA) is 68.3 Å². The van der Waals surface area contributed by atoms with Gasteiger partial charge in [-0.25, -0.2) is 13.1 Å². The van der Waals surface area contributed by atoms with Gasteiger partial charge in [0.15, 0.2) is 0 Å². The number of fused-ring (bicyclic) bond motifs is 1. The number of benzene rings is 2. The SMILES string of the molecule is Cc1cc(C)c(S(=O)(=O)N[C@@H](C)COc2ccnc3ccccc23)c(C)c1. The van der Waals surface area contributed by atoms with Crippen molar-refractivity contribution in [3.8, 4) is 5.75 Å². The van der Waals surface area contributed by atoms with Gasteiger partial charge in [-0.15, -0.1) is 0 Å². The Bertz CT molecular complexity index is 1050. The summed E-state index contributed by atoms with van der Waals surface area (Å²) < 4.78 is 34.3. The lowest BCUT2D eigenvalue weighted by molar-refractivity contribution is 0.290. The molecule has 27 heavy (non-hydrogen) atoms. The van der Waals surface area contributed by atoms with Crippen molar-refractivity contribution in [2.24, 2.45) is 0 Å². The van der Waals surface area contributed by atoms with Crippen LogP contribution in [-0.4, -0.2) is 26.1 Å². The largest absolute Gasteiger partial charge is 0.491 e. The molecule has 3 rings (SSSR count). The van der Waals surface area contributed by atoms with Gasteiger partial charge in [-0.3, -0.25) is 4.98 Å². The quantitative estimate of drug-likeness (QED) is 0.700. The predicted molar refractivity (Wildman–Crippen MR) is 108 cm³/mol. The van der Waals surface area contributed by atoms with Crippen molar-refractivity contribution >= 4 is 20.9 Å². The molecule has 1 heterocycles. The molecular formula is C21H24N2O3S. The second-order valence-corrected chi connectivity index (χ2v) is 8.54. The zero-order valence-corrected chi connectivity index (χ0v) is 16.8. The van der Waals surface area contributed by atoms with Crippen LogP contribution in [0.15, 0.2) is 53.6 Å². The highest BCUT2D eigenvalue weighted by Gasteiger charge is 2.22. The van der Waals surface area contributed by atoms with Crippen molar-refractivity contribution < 1.29 is 13.2 Å². The molecule has 0 aliphatic rings. The number of para-hydroxylation sites is 1. The van der Waals surface area contributed by atoms with Crippen molar-refractivity contribution in [3.63, 3.8) is 0 Å². The van der Waals surface area contributed by atoms with E-state index in [9.17, 15) is 8.42 Å². The monoisotopic (exact) mass is 384 g/mol. The lowest BCUT2D eigenvalue weighted by Crippen LogP contribution is -2.37. The van der Waals surface area contributed by atoms with E-state index >= 15 is 0 Å². The standard InChI is InChI=1S/C21H24N2O3S/c1-14-11-15(2)21(16(3)12-14)27(24,25)23-17(4)13-26-20-9-10-22-19-8-6-5-7-18(19)20/h5-12,17,23H,13H2,1-4H3/t17-/m0/s1. The minimum atomic E-state index is -3.63. The molecule has 0 radical (unpaired) electrons. The highest BCUT2D eigenvalue weighted by atomic mass is 32.2. The van der Waals surface area contributed by atoms with E-state index in [1.807, 2.05) is 57.2 Å². The first kappa shape index (κ1) is 19.3. The molecule has 0 bridgehead atoms. The number of hydrogen-bond acceptors (Lipinski definition) is 4. The Morgan fingerprint density at radius 3 is 2.44 bits per heavy atom. The molecule has 0 unspecified atom stereocenters. The van der Waals surface area contributed by atoms with Crippen LogP contribution in [0.1, 0.15) is 23.6 Å². The van der Waals surface area contributed by atoms with Crippen LogP contribution in [0.3, 0.4) is 0 Å². The fourth-order valence-electron chi connectivity index (χ4n) is 3.36. The Hall–Kier alpha value is -2.44. The van der Waals surface area contributed by atoms with Gasteiger partial charge in [-0.05, 0) is 57.0 Å². The number of nitrogens with one attached hydrogen (secondary N) is 1. The smallest absolute Gasteiger partial charge is 0.241 e. The van der Waals surface area contributed by atoms with Gasteiger partial charge < -0.3 is 4.74 Å². The number of hydrogen-bond donors (Lipinski definition) is 1. The molecule has 3 aromatic rings. The van der Waals surface area contributed by atoms with Gasteiger partial charge in [0, 0.05) is 11.6 Å². The maximum atomic E-state index is 12.8. The van der Waals surface area contributed by atoms with E-state index in [1.54, 1.807) is 19.2 Å². The molecule has 0 aliphatic heterocycles. The fraction of sp³-hybridized carbons (Fsp3) is 0.286. The molecule has 1 aromatic heterocycles. The third kappa shape index (κ3) is 4.28. The lowest BCUT2D eigenvalue weighted by Gasteiger charge is -2.18. The van der Waals surface area contributed by atoms with Crippen LogP contribution >= 0.6 is 0 Å². The average molecular weight is 385 g/mol. The summed E-state index contributed by atoms with van der Waals surface area (Å²) >= 11 is 0. The Kier molecular flexibility index (Phi) is 5.48. The van der Waals surface area contributed by atoms with Gasteiger partial charge in [0.2, 0.25) is 10.0 Å². The molecule has 0 spiro atoms. The van der Waals surface area contributed by atoms with E-state index in [2.05, 4.69) is 9.71 Å². The van der Waals surface area contributed by atoms with E-state index in [0.29, 0.717) is 10.6 Å². The van der Waals surface area contributed by atoms with Crippen molar-refractivity contribution in [3.05, 3.63) is 65.4 Å². The molecular weight excluding hydrogens is 360 g/mol. The summed E-state index contributed by atoms with van der Waals surface area (Å²) in [5.41, 5.74) is 3.38. The molecule has 1 N–H and O–H groups in total. The number of aryl methyl sites for hydroxylation is 3. The molecule has 0 saturated carbocycles. The van der Waals surface area contributed by atoms with E-state index in [0.717, 1.165) is 27.6 Å². The van der Waals surface area contributed by atoms with E-state index in [1.165, 1.54) is 0 Å². The highest BCUT2D eigenvalue weighted by molar-refractivity contribution is 7.89. The van der Waals surface area contributed by atoms with Crippen LogP contribution in [0.5, 0.6) is 5.75 Å². The molecule has 5 nitrogen and oxygen atoms in total. The van der Waals surface area contributed by atoms with E-state index < -0.39 is 10.0 Å². The summed E-state index contributed by atoms with van der Waals surface area (Å²) in [5.74, 6) is 0.689. The van der Waals surface area contributed by atoms with Crippen LogP contribution in [-0.2, 0) is 10.0 Å². The van der Waals surface area contributed by atoms with E-state index in [4.69, 9.17) is 4.74 Å². The first-order valence-electron chi connectivity index (χ1n) is 8.84. The normalized spacial score (nSPS) is 12.9. The number of nitrogens with zero attached hydrogens (tertiary/aromatic N) is 1. The zero-order chi connectivity index (χ0) is 19.6. The maximum Gasteiger partial charge on any atom is 0.241 e. The minimum Gasteiger partial charge on any atom is -0.491 e.